The number of rotatable bonds is 6. The molecule has 0 unspecified atom stereocenters. The maximum atomic E-state index is 12.8. The molecule has 0 atom stereocenters. The van der Waals surface area contributed by atoms with Gasteiger partial charge in [-0.25, -0.2) is 4.98 Å². The Bertz CT molecular complexity index is 902. The van der Waals surface area contributed by atoms with E-state index in [1.807, 2.05) is 31.2 Å². The Kier molecular flexibility index (Phi) is 5.27. The highest BCUT2D eigenvalue weighted by atomic mass is 32.1. The largest absolute Gasteiger partial charge is 0.493 e. The van der Waals surface area contributed by atoms with Gasteiger partial charge in [0.05, 0.1) is 32.7 Å². The molecule has 1 amide bonds. The van der Waals surface area contributed by atoms with E-state index in [4.69, 9.17) is 13.9 Å². The molecule has 0 aliphatic carbocycles. The van der Waals surface area contributed by atoms with E-state index in [0.29, 0.717) is 28.6 Å². The number of amides is 1. The number of nitrogens with zero attached hydrogens (tertiary/aromatic N) is 2. The van der Waals surface area contributed by atoms with Crippen molar-refractivity contribution in [2.45, 2.75) is 13.5 Å². The number of methoxy groups -OCH3 is 2. The number of benzene rings is 1. The normalized spacial score (nSPS) is 10.6. The maximum Gasteiger partial charge on any atom is 0.266 e. The molecule has 0 aliphatic heterocycles. The van der Waals surface area contributed by atoms with Crippen LogP contribution in [0.25, 0.3) is 10.6 Å². The second kappa shape index (κ2) is 7.61. The molecule has 3 rings (SSSR count). The zero-order valence-corrected chi connectivity index (χ0v) is 15.9. The molecule has 26 heavy (non-hydrogen) atoms. The molecule has 0 saturated carbocycles. The third-order valence-electron chi connectivity index (χ3n) is 3.94. The van der Waals surface area contributed by atoms with Crippen molar-refractivity contribution >= 4 is 17.2 Å². The van der Waals surface area contributed by atoms with Crippen LogP contribution in [0.4, 0.5) is 0 Å². The molecule has 6 nitrogen and oxygen atoms in total. The van der Waals surface area contributed by atoms with Crippen molar-refractivity contribution in [3.8, 4) is 22.1 Å². The van der Waals surface area contributed by atoms with Crippen LogP contribution in [-0.2, 0) is 6.54 Å². The second-order valence-corrected chi connectivity index (χ2v) is 6.74. The van der Waals surface area contributed by atoms with Gasteiger partial charge in [0.25, 0.3) is 5.91 Å². The first-order valence-electron chi connectivity index (χ1n) is 8.01. The standard InChI is InChI=1S/C19H20N2O4S/c1-12-17(19(22)21(2)11-14-6-5-9-25-14)26-18(20-12)13-7-8-15(23-3)16(10-13)24-4/h5-10H,11H2,1-4H3. The van der Waals surface area contributed by atoms with Crippen molar-refractivity contribution in [3.05, 3.63) is 52.9 Å². The van der Waals surface area contributed by atoms with Gasteiger partial charge in [-0.05, 0) is 37.3 Å². The molecule has 0 spiro atoms. The van der Waals surface area contributed by atoms with E-state index in [9.17, 15) is 4.79 Å². The van der Waals surface area contributed by atoms with Gasteiger partial charge >= 0.3 is 0 Å². The molecule has 2 heterocycles. The van der Waals surface area contributed by atoms with E-state index in [-0.39, 0.29) is 5.91 Å². The highest BCUT2D eigenvalue weighted by Crippen LogP contribution is 2.35. The van der Waals surface area contributed by atoms with Crippen LogP contribution in [0.1, 0.15) is 21.1 Å². The van der Waals surface area contributed by atoms with E-state index in [1.165, 1.54) is 11.3 Å². The third kappa shape index (κ3) is 3.57. The van der Waals surface area contributed by atoms with Crippen LogP contribution in [0.5, 0.6) is 11.5 Å². The summed E-state index contributed by atoms with van der Waals surface area (Å²) >= 11 is 1.36. The van der Waals surface area contributed by atoms with Crippen molar-refractivity contribution in [2.24, 2.45) is 0 Å². The average Bonchev–Trinajstić information content (AvgIpc) is 3.30. The van der Waals surface area contributed by atoms with E-state index in [1.54, 1.807) is 38.5 Å². The van der Waals surface area contributed by atoms with Gasteiger partial charge < -0.3 is 18.8 Å². The molecular weight excluding hydrogens is 352 g/mol. The third-order valence-corrected chi connectivity index (χ3v) is 5.14. The lowest BCUT2D eigenvalue weighted by atomic mass is 10.2. The molecular formula is C19H20N2O4S. The summed E-state index contributed by atoms with van der Waals surface area (Å²) in [6, 6.07) is 9.24. The fraction of sp³-hybridized carbons (Fsp3) is 0.263. The predicted molar refractivity (Wildman–Crippen MR) is 99.9 cm³/mol. The van der Waals surface area contributed by atoms with Gasteiger partial charge in [-0.3, -0.25) is 4.79 Å². The van der Waals surface area contributed by atoms with Crippen LogP contribution in [0.15, 0.2) is 41.0 Å². The number of carbonyl (C=O) groups excluding carboxylic acids is 1. The van der Waals surface area contributed by atoms with E-state index >= 15 is 0 Å². The predicted octanol–water partition coefficient (Wildman–Crippen LogP) is 4.00. The molecule has 0 aliphatic rings. The zero-order chi connectivity index (χ0) is 18.7. The topological polar surface area (TPSA) is 64.8 Å². The fourth-order valence-electron chi connectivity index (χ4n) is 2.57. The van der Waals surface area contributed by atoms with Crippen LogP contribution >= 0.6 is 11.3 Å². The van der Waals surface area contributed by atoms with Gasteiger partial charge in [0.1, 0.15) is 15.6 Å². The van der Waals surface area contributed by atoms with Gasteiger partial charge in [-0.15, -0.1) is 11.3 Å². The maximum absolute atomic E-state index is 12.8. The quantitative estimate of drug-likeness (QED) is 0.654. The SMILES string of the molecule is COc1ccc(-c2nc(C)c(C(=O)N(C)Cc3ccco3)s2)cc1OC. The van der Waals surface area contributed by atoms with Crippen molar-refractivity contribution in [3.63, 3.8) is 0 Å². The molecule has 0 saturated heterocycles. The summed E-state index contributed by atoms with van der Waals surface area (Å²) in [4.78, 5) is 19.6. The lowest BCUT2D eigenvalue weighted by Gasteiger charge is -2.14. The van der Waals surface area contributed by atoms with E-state index in [2.05, 4.69) is 4.98 Å². The average molecular weight is 372 g/mol. The number of carbonyl (C=O) groups is 1. The number of hydrogen-bond donors (Lipinski definition) is 0. The number of aryl methyl sites for hydroxylation is 1. The smallest absolute Gasteiger partial charge is 0.266 e. The minimum atomic E-state index is -0.0804. The second-order valence-electron chi connectivity index (χ2n) is 5.74. The monoisotopic (exact) mass is 372 g/mol. The van der Waals surface area contributed by atoms with Gasteiger partial charge in [0.2, 0.25) is 0 Å². The summed E-state index contributed by atoms with van der Waals surface area (Å²) in [5.41, 5.74) is 1.58. The molecule has 1 aromatic carbocycles. The van der Waals surface area contributed by atoms with E-state index < -0.39 is 0 Å². The number of hydrogen-bond acceptors (Lipinski definition) is 6. The minimum Gasteiger partial charge on any atom is -0.493 e. The van der Waals surface area contributed by atoms with Crippen LogP contribution in [-0.4, -0.2) is 37.1 Å². The summed E-state index contributed by atoms with van der Waals surface area (Å²) in [6.45, 7) is 2.25. The first-order chi connectivity index (χ1) is 12.5. The van der Waals surface area contributed by atoms with Crippen molar-refractivity contribution in [2.75, 3.05) is 21.3 Å². The summed E-state index contributed by atoms with van der Waals surface area (Å²) in [6.07, 6.45) is 1.60. The Morgan fingerprint density at radius 2 is 2.00 bits per heavy atom. The molecule has 136 valence electrons. The Morgan fingerprint density at radius 1 is 1.23 bits per heavy atom. The lowest BCUT2D eigenvalue weighted by molar-refractivity contribution is 0.0779. The van der Waals surface area contributed by atoms with Crippen LogP contribution < -0.4 is 9.47 Å². The zero-order valence-electron chi connectivity index (χ0n) is 15.1. The Balaban J connectivity index is 1.86. The van der Waals surface area contributed by atoms with Gasteiger partial charge in [-0.1, -0.05) is 0 Å². The molecule has 0 fully saturated rings. The Hall–Kier alpha value is -2.80. The van der Waals surface area contributed by atoms with Crippen molar-refractivity contribution < 1.29 is 18.7 Å². The molecule has 3 aromatic rings. The van der Waals surface area contributed by atoms with Gasteiger partial charge in [0.15, 0.2) is 11.5 Å². The van der Waals surface area contributed by atoms with Crippen molar-refractivity contribution in [1.29, 1.82) is 0 Å². The van der Waals surface area contributed by atoms with Crippen molar-refractivity contribution in [1.82, 2.24) is 9.88 Å². The highest BCUT2D eigenvalue weighted by molar-refractivity contribution is 7.17. The molecule has 0 radical (unpaired) electrons. The summed E-state index contributed by atoms with van der Waals surface area (Å²) < 4.78 is 15.9. The summed E-state index contributed by atoms with van der Waals surface area (Å²) in [5, 5.41) is 0.762. The van der Waals surface area contributed by atoms with Crippen LogP contribution in [0.3, 0.4) is 0 Å². The first kappa shape index (κ1) is 18.0. The minimum absolute atomic E-state index is 0.0804. The fourth-order valence-corrected chi connectivity index (χ4v) is 3.63. The number of ether oxygens (including phenoxy) is 2. The number of aromatic nitrogens is 1. The van der Waals surface area contributed by atoms with Crippen LogP contribution in [0, 0.1) is 6.92 Å². The summed E-state index contributed by atoms with van der Waals surface area (Å²) in [7, 11) is 4.93. The molecule has 7 heteroatoms. The van der Waals surface area contributed by atoms with E-state index in [0.717, 1.165) is 16.3 Å². The molecule has 0 N–H and O–H groups in total. The first-order valence-corrected chi connectivity index (χ1v) is 8.82. The highest BCUT2D eigenvalue weighted by Gasteiger charge is 2.21. The lowest BCUT2D eigenvalue weighted by Crippen LogP contribution is -2.25. The number of furan rings is 1. The molecule has 2 aromatic heterocycles. The van der Waals surface area contributed by atoms with Gasteiger partial charge in [-0.2, -0.15) is 0 Å². The Labute approximate surface area is 156 Å². The Morgan fingerprint density at radius 3 is 2.65 bits per heavy atom. The summed E-state index contributed by atoms with van der Waals surface area (Å²) in [5.74, 6) is 1.94. The number of thiazole rings is 1. The van der Waals surface area contributed by atoms with Crippen LogP contribution in [0.2, 0.25) is 0 Å². The van der Waals surface area contributed by atoms with Gasteiger partial charge in [0, 0.05) is 12.6 Å². The molecule has 0 bridgehead atoms.